The number of nitrogens with one attached hydrogen (secondary N) is 2. The maximum absolute atomic E-state index is 11.9. The van der Waals surface area contributed by atoms with E-state index in [9.17, 15) is 4.79 Å². The molecule has 1 aromatic heterocycles. The quantitative estimate of drug-likeness (QED) is 0.562. The van der Waals surface area contributed by atoms with Gasteiger partial charge in [-0.2, -0.15) is 5.10 Å². The monoisotopic (exact) mass is 306 g/mol. The molecule has 1 amide bonds. The molecule has 0 aliphatic carbocycles. The molecule has 0 unspecified atom stereocenters. The minimum absolute atomic E-state index is 0.165. The molecule has 0 radical (unpaired) electrons. The molecule has 3 aromatic rings. The molecule has 5 nitrogen and oxygen atoms in total. The molecule has 1 heterocycles. The lowest BCUT2D eigenvalue weighted by molar-refractivity contribution is -0.119. The Bertz CT molecular complexity index is 846. The summed E-state index contributed by atoms with van der Waals surface area (Å²) in [7, 11) is 1.92. The molecule has 0 saturated heterocycles. The van der Waals surface area contributed by atoms with Crippen LogP contribution in [0.3, 0.4) is 0 Å². The predicted molar refractivity (Wildman–Crippen MR) is 93.6 cm³/mol. The number of hydrogen-bond donors (Lipinski definition) is 2. The predicted octanol–water partition coefficient (Wildman–Crippen LogP) is 2.74. The lowest BCUT2D eigenvalue weighted by Crippen LogP contribution is -2.26. The first-order chi connectivity index (χ1) is 11.2. The number of nitrogens with zero attached hydrogens (tertiary/aromatic N) is 2. The maximum atomic E-state index is 11.9. The number of hydrazone groups is 1. The fraction of sp³-hybridized carbons (Fsp3) is 0.111. The molecule has 3 rings (SSSR count). The molecule has 5 heteroatoms. The van der Waals surface area contributed by atoms with Crippen molar-refractivity contribution in [3.8, 4) is 0 Å². The largest absolute Gasteiger partial charge is 0.376 e. The van der Waals surface area contributed by atoms with Gasteiger partial charge in [0, 0.05) is 24.3 Å². The van der Waals surface area contributed by atoms with E-state index in [2.05, 4.69) is 15.8 Å². The second-order valence-corrected chi connectivity index (χ2v) is 5.22. The Kier molecular flexibility index (Phi) is 4.38. The highest BCUT2D eigenvalue weighted by Gasteiger charge is 2.03. The van der Waals surface area contributed by atoms with Gasteiger partial charge in [-0.05, 0) is 23.6 Å². The van der Waals surface area contributed by atoms with Crippen molar-refractivity contribution in [2.75, 3.05) is 11.9 Å². The Morgan fingerprint density at radius 2 is 1.96 bits per heavy atom. The van der Waals surface area contributed by atoms with Crippen molar-refractivity contribution in [3.05, 3.63) is 66.5 Å². The van der Waals surface area contributed by atoms with Gasteiger partial charge in [-0.1, -0.05) is 36.4 Å². The molecule has 0 fully saturated rings. The van der Waals surface area contributed by atoms with Crippen LogP contribution in [-0.2, 0) is 11.8 Å². The number of hydrogen-bond acceptors (Lipinski definition) is 3. The number of benzene rings is 2. The van der Waals surface area contributed by atoms with Gasteiger partial charge in [-0.3, -0.25) is 4.79 Å². The van der Waals surface area contributed by atoms with Crippen LogP contribution < -0.4 is 10.7 Å². The Balaban J connectivity index is 1.58. The third kappa shape index (κ3) is 3.58. The number of rotatable bonds is 5. The number of carbonyl (C=O) groups excluding carboxylic acids is 1. The first-order valence-electron chi connectivity index (χ1n) is 7.39. The molecule has 0 bridgehead atoms. The van der Waals surface area contributed by atoms with Crippen LogP contribution in [0, 0.1) is 0 Å². The zero-order chi connectivity index (χ0) is 16.1. The summed E-state index contributed by atoms with van der Waals surface area (Å²) in [4.78, 5) is 11.9. The van der Waals surface area contributed by atoms with E-state index < -0.39 is 0 Å². The Morgan fingerprint density at radius 3 is 2.78 bits per heavy atom. The summed E-state index contributed by atoms with van der Waals surface area (Å²) in [5.41, 5.74) is 4.38. The van der Waals surface area contributed by atoms with Crippen LogP contribution in [0.4, 0.5) is 5.69 Å². The van der Waals surface area contributed by atoms with Gasteiger partial charge in [0.15, 0.2) is 0 Å². The van der Waals surface area contributed by atoms with E-state index in [-0.39, 0.29) is 12.5 Å². The molecule has 2 aromatic carbocycles. The highest BCUT2D eigenvalue weighted by molar-refractivity contribution is 5.95. The summed E-state index contributed by atoms with van der Waals surface area (Å²) in [6.07, 6.45) is 3.54. The van der Waals surface area contributed by atoms with Crippen molar-refractivity contribution in [1.29, 1.82) is 0 Å². The van der Waals surface area contributed by atoms with E-state index in [0.29, 0.717) is 0 Å². The van der Waals surface area contributed by atoms with Crippen LogP contribution in [0.2, 0.25) is 0 Å². The summed E-state index contributed by atoms with van der Waals surface area (Å²) in [6, 6.07) is 17.9. The number of amides is 1. The van der Waals surface area contributed by atoms with Gasteiger partial charge in [0.05, 0.1) is 18.5 Å². The average molecular weight is 306 g/mol. The van der Waals surface area contributed by atoms with Gasteiger partial charge >= 0.3 is 0 Å². The number of aromatic nitrogens is 1. The molecule has 0 saturated carbocycles. The topological polar surface area (TPSA) is 58.4 Å². The third-order valence-electron chi connectivity index (χ3n) is 3.60. The lowest BCUT2D eigenvalue weighted by atomic mass is 10.1. The van der Waals surface area contributed by atoms with Crippen LogP contribution in [0.1, 0.15) is 5.69 Å². The number of fused-ring (bicyclic) bond motifs is 1. The summed E-state index contributed by atoms with van der Waals surface area (Å²) < 4.78 is 1.92. The molecule has 116 valence electrons. The molecule has 0 aliphatic heterocycles. The van der Waals surface area contributed by atoms with Gasteiger partial charge in [-0.15, -0.1) is 0 Å². The molecule has 23 heavy (non-hydrogen) atoms. The van der Waals surface area contributed by atoms with Gasteiger partial charge < -0.3 is 9.88 Å². The SMILES string of the molecule is Cn1cccc1/C=N/NC(=O)CNc1cccc2ccccc12. The van der Waals surface area contributed by atoms with Gasteiger partial charge in [-0.25, -0.2) is 5.43 Å². The number of anilines is 1. The summed E-state index contributed by atoms with van der Waals surface area (Å²) >= 11 is 0. The van der Waals surface area contributed by atoms with Crippen molar-refractivity contribution in [1.82, 2.24) is 9.99 Å². The Morgan fingerprint density at radius 1 is 1.13 bits per heavy atom. The third-order valence-corrected chi connectivity index (χ3v) is 3.60. The second-order valence-electron chi connectivity index (χ2n) is 5.22. The van der Waals surface area contributed by atoms with Crippen molar-refractivity contribution in [3.63, 3.8) is 0 Å². The minimum atomic E-state index is -0.191. The van der Waals surface area contributed by atoms with E-state index in [4.69, 9.17) is 0 Å². The van der Waals surface area contributed by atoms with Crippen LogP contribution in [0.25, 0.3) is 10.8 Å². The Labute approximate surface area is 134 Å². The normalized spacial score (nSPS) is 11.0. The van der Waals surface area contributed by atoms with E-state index >= 15 is 0 Å². The highest BCUT2D eigenvalue weighted by Crippen LogP contribution is 2.22. The van der Waals surface area contributed by atoms with Crippen LogP contribution in [0.5, 0.6) is 0 Å². The zero-order valence-corrected chi connectivity index (χ0v) is 12.9. The maximum Gasteiger partial charge on any atom is 0.259 e. The first-order valence-corrected chi connectivity index (χ1v) is 7.39. The highest BCUT2D eigenvalue weighted by atomic mass is 16.2. The van der Waals surface area contributed by atoms with Crippen LogP contribution in [0.15, 0.2) is 65.9 Å². The number of aryl methyl sites for hydroxylation is 1. The molecule has 0 aliphatic rings. The smallest absolute Gasteiger partial charge is 0.259 e. The lowest BCUT2D eigenvalue weighted by Gasteiger charge is -2.08. The minimum Gasteiger partial charge on any atom is -0.376 e. The van der Waals surface area contributed by atoms with E-state index in [1.807, 2.05) is 72.4 Å². The standard InChI is InChI=1S/C18H18N4O/c1-22-11-5-8-15(22)12-20-21-18(23)13-19-17-10-4-7-14-6-2-3-9-16(14)17/h2-12,19H,13H2,1H3,(H,21,23)/b20-12+. The van der Waals surface area contributed by atoms with E-state index in [1.54, 1.807) is 6.21 Å². The van der Waals surface area contributed by atoms with Gasteiger partial charge in [0.1, 0.15) is 0 Å². The first kappa shape index (κ1) is 14.8. The molecule has 0 atom stereocenters. The van der Waals surface area contributed by atoms with Crippen molar-refractivity contribution >= 4 is 28.6 Å². The Hall–Kier alpha value is -3.08. The number of carbonyl (C=O) groups is 1. The van der Waals surface area contributed by atoms with Crippen molar-refractivity contribution in [2.24, 2.45) is 12.1 Å². The molecular weight excluding hydrogens is 288 g/mol. The molecule has 0 spiro atoms. The summed E-state index contributed by atoms with van der Waals surface area (Å²) in [5.74, 6) is -0.191. The van der Waals surface area contributed by atoms with Gasteiger partial charge in [0.2, 0.25) is 0 Å². The summed E-state index contributed by atoms with van der Waals surface area (Å²) in [6.45, 7) is 0.165. The van der Waals surface area contributed by atoms with Gasteiger partial charge in [0.25, 0.3) is 5.91 Å². The van der Waals surface area contributed by atoms with E-state index in [1.165, 1.54) is 0 Å². The van der Waals surface area contributed by atoms with Crippen LogP contribution >= 0.6 is 0 Å². The average Bonchev–Trinajstić information content (AvgIpc) is 2.98. The van der Waals surface area contributed by atoms with Crippen molar-refractivity contribution in [2.45, 2.75) is 0 Å². The second kappa shape index (κ2) is 6.79. The van der Waals surface area contributed by atoms with Crippen LogP contribution in [-0.4, -0.2) is 23.2 Å². The van der Waals surface area contributed by atoms with E-state index in [0.717, 1.165) is 22.2 Å². The summed E-state index contributed by atoms with van der Waals surface area (Å²) in [5, 5.41) is 9.35. The van der Waals surface area contributed by atoms with Crippen molar-refractivity contribution < 1.29 is 4.79 Å². The molecule has 2 N–H and O–H groups in total. The molecular formula is C18H18N4O. The zero-order valence-electron chi connectivity index (χ0n) is 12.9. The fourth-order valence-corrected chi connectivity index (χ4v) is 2.37. The fourth-order valence-electron chi connectivity index (χ4n) is 2.37.